The quantitative estimate of drug-likeness (QED) is 0.716. The first-order valence-corrected chi connectivity index (χ1v) is 8.32. The fourth-order valence-corrected chi connectivity index (χ4v) is 3.26. The van der Waals surface area contributed by atoms with Crippen LogP contribution in [-0.4, -0.2) is 16.2 Å². The Kier molecular flexibility index (Phi) is 4.24. The van der Waals surface area contributed by atoms with Gasteiger partial charge in [0.05, 0.1) is 18.3 Å². The van der Waals surface area contributed by atoms with Gasteiger partial charge < -0.3 is 4.74 Å². The van der Waals surface area contributed by atoms with E-state index in [9.17, 15) is 4.79 Å². The molecule has 2 aromatic heterocycles. The molecular formula is C17H18N2O2S. The van der Waals surface area contributed by atoms with Crippen LogP contribution in [0.1, 0.15) is 20.3 Å². The van der Waals surface area contributed by atoms with Gasteiger partial charge in [0.1, 0.15) is 10.6 Å². The van der Waals surface area contributed by atoms with Crippen LogP contribution < -0.4 is 10.3 Å². The smallest absolute Gasteiger partial charge is 0.262 e. The Balaban J connectivity index is 2.04. The van der Waals surface area contributed by atoms with Crippen LogP contribution in [-0.2, 0) is 6.54 Å². The molecule has 0 unspecified atom stereocenters. The third-order valence-electron chi connectivity index (χ3n) is 3.54. The molecule has 1 aromatic carbocycles. The zero-order valence-electron chi connectivity index (χ0n) is 12.7. The predicted molar refractivity (Wildman–Crippen MR) is 90.8 cm³/mol. The molecule has 0 radical (unpaired) electrons. The number of aryl methyl sites for hydroxylation is 1. The highest BCUT2D eigenvalue weighted by molar-refractivity contribution is 7.17. The maximum absolute atomic E-state index is 12.5. The van der Waals surface area contributed by atoms with Crippen LogP contribution in [0, 0.1) is 0 Å². The molecule has 0 atom stereocenters. The van der Waals surface area contributed by atoms with Crippen LogP contribution in [0.4, 0.5) is 0 Å². The topological polar surface area (TPSA) is 44.1 Å². The summed E-state index contributed by atoms with van der Waals surface area (Å²) in [6.45, 7) is 5.37. The summed E-state index contributed by atoms with van der Waals surface area (Å²) in [5, 5.41) is 2.71. The summed E-state index contributed by atoms with van der Waals surface area (Å²) < 4.78 is 7.24. The number of aromatic nitrogens is 2. The van der Waals surface area contributed by atoms with Crippen molar-refractivity contribution >= 4 is 21.6 Å². The van der Waals surface area contributed by atoms with Gasteiger partial charge in [-0.25, -0.2) is 4.98 Å². The van der Waals surface area contributed by atoms with Crippen molar-refractivity contribution in [2.45, 2.75) is 26.8 Å². The molecule has 0 aliphatic rings. The van der Waals surface area contributed by atoms with E-state index in [1.54, 1.807) is 10.9 Å². The molecule has 0 spiro atoms. The van der Waals surface area contributed by atoms with Crippen molar-refractivity contribution in [2.75, 3.05) is 6.61 Å². The van der Waals surface area contributed by atoms with Gasteiger partial charge in [0, 0.05) is 17.5 Å². The molecule has 0 aliphatic heterocycles. The number of thiophene rings is 1. The number of rotatable bonds is 5. The molecule has 22 heavy (non-hydrogen) atoms. The van der Waals surface area contributed by atoms with Crippen molar-refractivity contribution in [3.05, 3.63) is 46.3 Å². The molecule has 3 aromatic rings. The highest BCUT2D eigenvalue weighted by Gasteiger charge is 2.12. The monoisotopic (exact) mass is 314 g/mol. The predicted octanol–water partition coefficient (Wildman–Crippen LogP) is 3.93. The van der Waals surface area contributed by atoms with Crippen molar-refractivity contribution < 1.29 is 4.74 Å². The van der Waals surface area contributed by atoms with Crippen molar-refractivity contribution in [3.63, 3.8) is 0 Å². The third-order valence-corrected chi connectivity index (χ3v) is 4.43. The maximum Gasteiger partial charge on any atom is 0.262 e. The number of nitrogens with zero attached hydrogens (tertiary/aromatic N) is 2. The largest absolute Gasteiger partial charge is 0.494 e. The lowest BCUT2D eigenvalue weighted by Crippen LogP contribution is -2.19. The van der Waals surface area contributed by atoms with Gasteiger partial charge in [0.2, 0.25) is 0 Å². The van der Waals surface area contributed by atoms with Crippen LogP contribution in [0.25, 0.3) is 21.3 Å². The van der Waals surface area contributed by atoms with Gasteiger partial charge in [-0.2, -0.15) is 0 Å². The summed E-state index contributed by atoms with van der Waals surface area (Å²) in [6, 6.07) is 7.89. The van der Waals surface area contributed by atoms with Crippen LogP contribution in [0.3, 0.4) is 0 Å². The van der Waals surface area contributed by atoms with E-state index in [0.717, 1.165) is 28.1 Å². The Morgan fingerprint density at radius 3 is 2.68 bits per heavy atom. The zero-order chi connectivity index (χ0) is 15.5. The Morgan fingerprint density at radius 1 is 1.23 bits per heavy atom. The Bertz CT molecular complexity index is 834. The van der Waals surface area contributed by atoms with Gasteiger partial charge in [0.25, 0.3) is 5.56 Å². The number of hydrogen-bond acceptors (Lipinski definition) is 4. The van der Waals surface area contributed by atoms with Crippen LogP contribution in [0.5, 0.6) is 5.75 Å². The molecule has 4 nitrogen and oxygen atoms in total. The van der Waals surface area contributed by atoms with E-state index in [2.05, 4.69) is 11.9 Å². The van der Waals surface area contributed by atoms with E-state index < -0.39 is 0 Å². The summed E-state index contributed by atoms with van der Waals surface area (Å²) in [6.07, 6.45) is 2.60. The minimum atomic E-state index is 0.0232. The molecule has 0 fully saturated rings. The molecule has 2 heterocycles. The van der Waals surface area contributed by atoms with Crippen molar-refractivity contribution in [1.29, 1.82) is 0 Å². The zero-order valence-corrected chi connectivity index (χ0v) is 13.5. The Morgan fingerprint density at radius 2 is 2.00 bits per heavy atom. The van der Waals surface area contributed by atoms with Gasteiger partial charge in [-0.1, -0.05) is 19.1 Å². The summed E-state index contributed by atoms with van der Waals surface area (Å²) >= 11 is 1.50. The first kappa shape index (κ1) is 14.8. The number of fused-ring (bicyclic) bond motifs is 1. The first-order chi connectivity index (χ1) is 10.7. The summed E-state index contributed by atoms with van der Waals surface area (Å²) in [5.74, 6) is 0.856. The van der Waals surface area contributed by atoms with E-state index in [-0.39, 0.29) is 5.56 Å². The van der Waals surface area contributed by atoms with E-state index in [1.165, 1.54) is 11.3 Å². The highest BCUT2D eigenvalue weighted by Crippen LogP contribution is 2.31. The van der Waals surface area contributed by atoms with E-state index in [0.29, 0.717) is 18.5 Å². The number of hydrogen-bond donors (Lipinski definition) is 0. The molecule has 0 amide bonds. The lowest BCUT2D eigenvalue weighted by molar-refractivity contribution is 0.317. The molecule has 0 saturated heterocycles. The molecule has 0 N–H and O–H groups in total. The molecule has 5 heteroatoms. The van der Waals surface area contributed by atoms with Crippen LogP contribution in [0.15, 0.2) is 40.8 Å². The third kappa shape index (κ3) is 2.64. The molecule has 0 bridgehead atoms. The standard InChI is InChI=1S/C17H18N2O2S/c1-3-9-21-13-7-5-12(6-8-13)14-10-22-16-15(14)17(20)19(4-2)11-18-16/h5-8,10-11H,3-4,9H2,1-2H3. The lowest BCUT2D eigenvalue weighted by Gasteiger charge is -2.06. The Hall–Kier alpha value is -2.14. The van der Waals surface area contributed by atoms with Crippen molar-refractivity contribution in [2.24, 2.45) is 0 Å². The minimum absolute atomic E-state index is 0.0232. The Labute approximate surface area is 133 Å². The van der Waals surface area contributed by atoms with E-state index >= 15 is 0 Å². The van der Waals surface area contributed by atoms with Gasteiger partial charge >= 0.3 is 0 Å². The van der Waals surface area contributed by atoms with Crippen LogP contribution in [0.2, 0.25) is 0 Å². The molecular weight excluding hydrogens is 296 g/mol. The van der Waals surface area contributed by atoms with Gasteiger partial charge in [-0.05, 0) is 31.0 Å². The van der Waals surface area contributed by atoms with Crippen LogP contribution >= 0.6 is 11.3 Å². The highest BCUT2D eigenvalue weighted by atomic mass is 32.1. The second-order valence-electron chi connectivity index (χ2n) is 5.04. The maximum atomic E-state index is 12.5. The average molecular weight is 314 g/mol. The average Bonchev–Trinajstić information content (AvgIpc) is 2.99. The number of benzene rings is 1. The lowest BCUT2D eigenvalue weighted by atomic mass is 10.1. The molecule has 3 rings (SSSR count). The van der Waals surface area contributed by atoms with E-state index in [1.807, 2.05) is 36.6 Å². The van der Waals surface area contributed by atoms with Gasteiger partial charge in [0.15, 0.2) is 0 Å². The summed E-state index contributed by atoms with van der Waals surface area (Å²) in [4.78, 5) is 17.7. The summed E-state index contributed by atoms with van der Waals surface area (Å²) in [7, 11) is 0. The molecule has 114 valence electrons. The second-order valence-corrected chi connectivity index (χ2v) is 5.90. The second kappa shape index (κ2) is 6.32. The van der Waals surface area contributed by atoms with Gasteiger partial charge in [-0.3, -0.25) is 9.36 Å². The van der Waals surface area contributed by atoms with Crippen molar-refractivity contribution in [1.82, 2.24) is 9.55 Å². The fraction of sp³-hybridized carbons (Fsp3) is 0.294. The minimum Gasteiger partial charge on any atom is -0.494 e. The number of ether oxygens (including phenoxy) is 1. The van der Waals surface area contributed by atoms with E-state index in [4.69, 9.17) is 4.74 Å². The molecule has 0 saturated carbocycles. The summed E-state index contributed by atoms with van der Waals surface area (Å²) in [5.41, 5.74) is 1.99. The first-order valence-electron chi connectivity index (χ1n) is 7.44. The fourth-order valence-electron chi connectivity index (χ4n) is 2.36. The van der Waals surface area contributed by atoms with Gasteiger partial charge in [-0.15, -0.1) is 11.3 Å². The SMILES string of the molecule is CCCOc1ccc(-c2csc3ncn(CC)c(=O)c23)cc1. The van der Waals surface area contributed by atoms with Crippen molar-refractivity contribution in [3.8, 4) is 16.9 Å². The normalized spacial score (nSPS) is 11.0. The molecule has 0 aliphatic carbocycles.